The van der Waals surface area contributed by atoms with Crippen LogP contribution in [0.5, 0.6) is 0 Å². The average Bonchev–Trinajstić information content (AvgIpc) is 2.68. The zero-order valence-electron chi connectivity index (χ0n) is 11.1. The second-order valence-corrected chi connectivity index (χ2v) is 4.83. The highest BCUT2D eigenvalue weighted by molar-refractivity contribution is 6.30. The molecule has 4 amide bonds. The fraction of sp³-hybridized carbons (Fsp3) is 0.308. The molecule has 1 aromatic heterocycles. The molecule has 21 heavy (non-hydrogen) atoms. The Hall–Kier alpha value is -2.28. The van der Waals surface area contributed by atoms with E-state index in [1.54, 1.807) is 6.92 Å². The highest BCUT2D eigenvalue weighted by Crippen LogP contribution is 2.26. The highest BCUT2D eigenvalue weighted by atomic mass is 35.5. The first-order chi connectivity index (χ1) is 10.0. The van der Waals surface area contributed by atoms with E-state index >= 15 is 0 Å². The van der Waals surface area contributed by atoms with E-state index in [-0.39, 0.29) is 29.2 Å². The number of fused-ring (bicyclic) bond motifs is 1. The number of amides is 4. The number of carbonyl (C=O) groups excluding carboxylic acids is 4. The van der Waals surface area contributed by atoms with Crippen LogP contribution in [0.2, 0.25) is 5.15 Å². The van der Waals surface area contributed by atoms with Crippen LogP contribution in [0.25, 0.3) is 0 Å². The Morgan fingerprint density at radius 2 is 2.14 bits per heavy atom. The van der Waals surface area contributed by atoms with Gasteiger partial charge >= 0.3 is 0 Å². The van der Waals surface area contributed by atoms with Crippen LogP contribution in [0, 0.1) is 0 Å². The lowest BCUT2D eigenvalue weighted by atomic mass is 10.1. The molecule has 110 valence electrons. The van der Waals surface area contributed by atoms with Crippen molar-refractivity contribution in [2.24, 2.45) is 0 Å². The fourth-order valence-electron chi connectivity index (χ4n) is 2.20. The molecular weight excluding hydrogens is 298 g/mol. The molecule has 1 aliphatic heterocycles. The van der Waals surface area contributed by atoms with Gasteiger partial charge < -0.3 is 0 Å². The molecule has 1 N–H and O–H groups in total. The Balaban J connectivity index is 2.40. The Bertz CT molecular complexity index is 632. The Morgan fingerprint density at radius 3 is 2.76 bits per heavy atom. The Labute approximate surface area is 125 Å². The summed E-state index contributed by atoms with van der Waals surface area (Å²) in [6, 6.07) is 1.74. The normalized spacial score (nSPS) is 14.9. The molecule has 0 fully saturated rings. The van der Waals surface area contributed by atoms with Crippen LogP contribution >= 0.6 is 11.6 Å². The van der Waals surface area contributed by atoms with Crippen LogP contribution in [-0.2, 0) is 9.59 Å². The van der Waals surface area contributed by atoms with Gasteiger partial charge in [-0.25, -0.2) is 4.98 Å². The molecule has 1 aromatic rings. The molecule has 0 bridgehead atoms. The molecule has 0 saturated heterocycles. The Kier molecular flexibility index (Phi) is 4.32. The smallest absolute Gasteiger partial charge is 0.280 e. The minimum absolute atomic E-state index is 0.0764. The van der Waals surface area contributed by atoms with Crippen molar-refractivity contribution in [2.45, 2.75) is 25.8 Å². The van der Waals surface area contributed by atoms with E-state index in [4.69, 9.17) is 11.6 Å². The van der Waals surface area contributed by atoms with Gasteiger partial charge in [0.25, 0.3) is 11.8 Å². The van der Waals surface area contributed by atoms with E-state index in [0.717, 1.165) is 4.90 Å². The summed E-state index contributed by atoms with van der Waals surface area (Å²) in [5, 5.41) is 2.06. The summed E-state index contributed by atoms with van der Waals surface area (Å²) in [6.45, 7) is 1.80. The predicted octanol–water partition coefficient (Wildman–Crippen LogP) is 0.772. The van der Waals surface area contributed by atoms with Crippen molar-refractivity contribution in [2.75, 3.05) is 0 Å². The van der Waals surface area contributed by atoms with Gasteiger partial charge in [0.2, 0.25) is 12.3 Å². The largest absolute Gasteiger partial charge is 0.297 e. The van der Waals surface area contributed by atoms with Gasteiger partial charge in [0.15, 0.2) is 0 Å². The summed E-state index contributed by atoms with van der Waals surface area (Å²) in [5.41, 5.74) is 0.0249. The van der Waals surface area contributed by atoms with E-state index < -0.39 is 23.8 Å². The third kappa shape index (κ3) is 2.64. The van der Waals surface area contributed by atoms with Gasteiger partial charge in [-0.3, -0.25) is 29.4 Å². The molecular formula is C13H12ClN3O4. The average molecular weight is 310 g/mol. The first kappa shape index (κ1) is 15.1. The van der Waals surface area contributed by atoms with Crippen molar-refractivity contribution in [3.8, 4) is 0 Å². The number of hydrogen-bond acceptors (Lipinski definition) is 5. The maximum Gasteiger partial charge on any atom is 0.280 e. The molecule has 2 rings (SSSR count). The molecule has 7 nitrogen and oxygen atoms in total. The third-order valence-electron chi connectivity index (χ3n) is 3.11. The molecule has 1 aliphatic rings. The van der Waals surface area contributed by atoms with Gasteiger partial charge in [0.1, 0.15) is 16.9 Å². The van der Waals surface area contributed by atoms with Gasteiger partial charge in [-0.1, -0.05) is 24.9 Å². The fourth-order valence-corrected chi connectivity index (χ4v) is 2.34. The molecule has 2 heterocycles. The van der Waals surface area contributed by atoms with E-state index in [2.05, 4.69) is 4.98 Å². The van der Waals surface area contributed by atoms with E-state index in [0.29, 0.717) is 6.42 Å². The lowest BCUT2D eigenvalue weighted by molar-refractivity contribution is -0.128. The SMILES string of the molecule is CCCC(C(=O)NC=O)N1C(=O)c2ccc(Cl)nc2C1=O. The number of nitrogens with one attached hydrogen (secondary N) is 1. The number of aromatic nitrogens is 1. The number of carbonyl (C=O) groups is 4. The third-order valence-corrected chi connectivity index (χ3v) is 3.32. The standard InChI is InChI=1S/C13H12ClN3O4/c1-2-3-8(11(19)15-6-18)17-12(20)7-4-5-9(14)16-10(7)13(17)21/h4-6,8H,2-3H2,1H3,(H,15,18,19). The van der Waals surface area contributed by atoms with Crippen molar-refractivity contribution in [1.29, 1.82) is 0 Å². The second-order valence-electron chi connectivity index (χ2n) is 4.44. The van der Waals surface area contributed by atoms with Gasteiger partial charge in [-0.15, -0.1) is 0 Å². The Morgan fingerprint density at radius 1 is 1.43 bits per heavy atom. The highest BCUT2D eigenvalue weighted by Gasteiger charge is 2.43. The van der Waals surface area contributed by atoms with Crippen molar-refractivity contribution in [1.82, 2.24) is 15.2 Å². The lowest BCUT2D eigenvalue weighted by Gasteiger charge is -2.23. The maximum absolute atomic E-state index is 12.3. The van der Waals surface area contributed by atoms with Crippen molar-refractivity contribution in [3.63, 3.8) is 0 Å². The van der Waals surface area contributed by atoms with Gasteiger partial charge in [-0.05, 0) is 18.6 Å². The minimum Gasteiger partial charge on any atom is -0.297 e. The summed E-state index contributed by atoms with van der Waals surface area (Å²) in [6.07, 6.45) is 1.02. The number of pyridine rings is 1. The summed E-state index contributed by atoms with van der Waals surface area (Å²) in [5.74, 6) is -2.00. The molecule has 0 radical (unpaired) electrons. The van der Waals surface area contributed by atoms with Gasteiger partial charge in [0, 0.05) is 0 Å². The summed E-state index contributed by atoms with van der Waals surface area (Å²) in [7, 11) is 0. The van der Waals surface area contributed by atoms with E-state index in [9.17, 15) is 19.2 Å². The molecule has 0 spiro atoms. The molecule has 1 atom stereocenters. The van der Waals surface area contributed by atoms with Crippen molar-refractivity contribution in [3.05, 3.63) is 28.5 Å². The lowest BCUT2D eigenvalue weighted by Crippen LogP contribution is -2.49. The molecule has 0 aliphatic carbocycles. The summed E-state index contributed by atoms with van der Waals surface area (Å²) < 4.78 is 0. The van der Waals surface area contributed by atoms with Crippen LogP contribution in [-0.4, -0.2) is 40.1 Å². The first-order valence-electron chi connectivity index (χ1n) is 6.29. The number of nitrogens with zero attached hydrogens (tertiary/aromatic N) is 2. The monoisotopic (exact) mass is 309 g/mol. The van der Waals surface area contributed by atoms with E-state index in [1.807, 2.05) is 5.32 Å². The van der Waals surface area contributed by atoms with Crippen LogP contribution in [0.1, 0.15) is 40.6 Å². The first-order valence-corrected chi connectivity index (χ1v) is 6.67. The summed E-state index contributed by atoms with van der Waals surface area (Å²) >= 11 is 5.72. The number of rotatable bonds is 5. The minimum atomic E-state index is -1.05. The summed E-state index contributed by atoms with van der Waals surface area (Å²) in [4.78, 5) is 51.6. The molecule has 0 aromatic carbocycles. The number of hydrogen-bond donors (Lipinski definition) is 1. The van der Waals surface area contributed by atoms with Crippen LogP contribution in [0.4, 0.5) is 0 Å². The zero-order valence-corrected chi connectivity index (χ0v) is 11.9. The molecule has 0 saturated carbocycles. The number of imide groups is 2. The van der Waals surface area contributed by atoms with E-state index in [1.165, 1.54) is 12.1 Å². The molecule has 1 unspecified atom stereocenters. The zero-order chi connectivity index (χ0) is 15.6. The quantitative estimate of drug-likeness (QED) is 0.492. The maximum atomic E-state index is 12.3. The van der Waals surface area contributed by atoms with Crippen molar-refractivity contribution >= 4 is 35.7 Å². The van der Waals surface area contributed by atoms with Gasteiger partial charge in [-0.2, -0.15) is 0 Å². The van der Waals surface area contributed by atoms with Crippen LogP contribution in [0.15, 0.2) is 12.1 Å². The predicted molar refractivity (Wildman–Crippen MR) is 72.6 cm³/mol. The van der Waals surface area contributed by atoms with Crippen molar-refractivity contribution < 1.29 is 19.2 Å². The topological polar surface area (TPSA) is 96.4 Å². The second kappa shape index (κ2) is 6.01. The van der Waals surface area contributed by atoms with Gasteiger partial charge in [0.05, 0.1) is 5.56 Å². The van der Waals surface area contributed by atoms with Crippen LogP contribution in [0.3, 0.4) is 0 Å². The molecule has 8 heteroatoms. The van der Waals surface area contributed by atoms with Crippen LogP contribution < -0.4 is 5.32 Å². The number of halogens is 1.